The number of carbonyl (C=O) groups is 1. The van der Waals surface area contributed by atoms with Crippen LogP contribution < -0.4 is 5.32 Å². The van der Waals surface area contributed by atoms with Gasteiger partial charge in [0, 0.05) is 26.6 Å². The third kappa shape index (κ3) is 3.92. The van der Waals surface area contributed by atoms with Crippen LogP contribution in [0.1, 0.15) is 5.56 Å². The predicted octanol–water partition coefficient (Wildman–Crippen LogP) is 5.04. The molecular weight excluding hydrogens is 372 g/mol. The Hall–Kier alpha value is -1.85. The number of thioether (sulfide) groups is 1. The Labute approximate surface area is 147 Å². The summed E-state index contributed by atoms with van der Waals surface area (Å²) in [5.41, 5.74) is 2.85. The van der Waals surface area contributed by atoms with Crippen LogP contribution in [0.15, 0.2) is 64.1 Å². The van der Waals surface area contributed by atoms with Gasteiger partial charge in [-0.25, -0.2) is 0 Å². The number of anilines is 1. The van der Waals surface area contributed by atoms with Crippen LogP contribution in [-0.4, -0.2) is 16.6 Å². The predicted molar refractivity (Wildman–Crippen MR) is 100.0 cm³/mol. The molecule has 0 saturated carbocycles. The molecule has 0 spiro atoms. The van der Waals surface area contributed by atoms with Gasteiger partial charge in [0.15, 0.2) is 0 Å². The second-order valence-electron chi connectivity index (χ2n) is 5.13. The summed E-state index contributed by atoms with van der Waals surface area (Å²) in [6.07, 6.45) is 1.78. The summed E-state index contributed by atoms with van der Waals surface area (Å²) in [5.74, 6) is 0.348. The van der Waals surface area contributed by atoms with Crippen molar-refractivity contribution in [1.82, 2.24) is 4.98 Å². The van der Waals surface area contributed by atoms with Crippen LogP contribution in [0.5, 0.6) is 0 Å². The molecule has 3 aromatic rings. The molecule has 0 bridgehead atoms. The maximum Gasteiger partial charge on any atom is 0.234 e. The smallest absolute Gasteiger partial charge is 0.234 e. The minimum atomic E-state index is -0.0161. The molecule has 0 unspecified atom stereocenters. The van der Waals surface area contributed by atoms with E-state index in [-0.39, 0.29) is 5.91 Å². The molecule has 2 aromatic carbocycles. The number of pyridine rings is 1. The molecule has 0 aliphatic heterocycles. The number of benzene rings is 2. The maximum absolute atomic E-state index is 12.2. The van der Waals surface area contributed by atoms with Crippen molar-refractivity contribution in [1.29, 1.82) is 0 Å². The van der Waals surface area contributed by atoms with E-state index in [9.17, 15) is 4.79 Å². The number of nitrogens with zero attached hydrogens (tertiary/aromatic N) is 1. The zero-order valence-electron chi connectivity index (χ0n) is 12.5. The summed E-state index contributed by atoms with van der Waals surface area (Å²) in [6.45, 7) is 2.00. The third-order valence-electron chi connectivity index (χ3n) is 3.41. The van der Waals surface area contributed by atoms with E-state index in [0.717, 1.165) is 31.5 Å². The Balaban J connectivity index is 1.67. The Morgan fingerprint density at radius 1 is 1.22 bits per heavy atom. The molecule has 0 atom stereocenters. The van der Waals surface area contributed by atoms with E-state index in [1.165, 1.54) is 11.8 Å². The van der Waals surface area contributed by atoms with Gasteiger partial charge in [-0.3, -0.25) is 9.78 Å². The first kappa shape index (κ1) is 16.0. The molecule has 1 aromatic heterocycles. The molecule has 0 fully saturated rings. The van der Waals surface area contributed by atoms with E-state index in [2.05, 4.69) is 26.2 Å². The molecule has 23 heavy (non-hydrogen) atoms. The van der Waals surface area contributed by atoms with E-state index in [1.807, 2.05) is 55.5 Å². The highest BCUT2D eigenvalue weighted by Gasteiger charge is 2.07. The molecule has 116 valence electrons. The van der Waals surface area contributed by atoms with Gasteiger partial charge in [0.25, 0.3) is 0 Å². The first-order valence-corrected chi connectivity index (χ1v) is 8.94. The van der Waals surface area contributed by atoms with Crippen molar-refractivity contribution in [3.63, 3.8) is 0 Å². The van der Waals surface area contributed by atoms with Crippen LogP contribution in [0, 0.1) is 6.92 Å². The Bertz CT molecular complexity index is 861. The number of nitrogens with one attached hydrogen (secondary N) is 1. The lowest BCUT2D eigenvalue weighted by molar-refractivity contribution is -0.113. The summed E-state index contributed by atoms with van der Waals surface area (Å²) < 4.78 is 1.04. The van der Waals surface area contributed by atoms with Crippen LogP contribution in [0.25, 0.3) is 10.9 Å². The van der Waals surface area contributed by atoms with Crippen LogP contribution >= 0.6 is 27.7 Å². The fourth-order valence-corrected chi connectivity index (χ4v) is 3.35. The highest BCUT2D eigenvalue weighted by Crippen LogP contribution is 2.26. The highest BCUT2D eigenvalue weighted by atomic mass is 79.9. The number of hydrogen-bond donors (Lipinski definition) is 1. The van der Waals surface area contributed by atoms with Gasteiger partial charge in [-0.15, -0.1) is 11.8 Å². The van der Waals surface area contributed by atoms with E-state index < -0.39 is 0 Å². The number of amides is 1. The van der Waals surface area contributed by atoms with Crippen LogP contribution in [0.2, 0.25) is 0 Å². The fraction of sp³-hybridized carbons (Fsp3) is 0.111. The van der Waals surface area contributed by atoms with Crippen LogP contribution in [-0.2, 0) is 4.79 Å². The first-order chi connectivity index (χ1) is 11.1. The minimum Gasteiger partial charge on any atom is -0.325 e. The summed E-state index contributed by atoms with van der Waals surface area (Å²) in [5, 5.41) is 4.01. The van der Waals surface area contributed by atoms with Gasteiger partial charge in [0.2, 0.25) is 5.91 Å². The standard InChI is InChI=1S/C18H15BrN2OS/c1-12-10-13(6-7-15(12)19)21-18(22)11-23-17-8-9-20-16-5-3-2-4-14(16)17/h2-10H,11H2,1H3,(H,21,22). The number of halogens is 1. The molecule has 1 amide bonds. The monoisotopic (exact) mass is 386 g/mol. The van der Waals surface area contributed by atoms with Crippen molar-refractivity contribution < 1.29 is 4.79 Å². The molecule has 0 aliphatic carbocycles. The lowest BCUT2D eigenvalue weighted by Gasteiger charge is -2.08. The Morgan fingerprint density at radius 3 is 2.87 bits per heavy atom. The van der Waals surface area contributed by atoms with E-state index >= 15 is 0 Å². The van der Waals surface area contributed by atoms with Gasteiger partial charge in [-0.1, -0.05) is 34.1 Å². The molecule has 1 N–H and O–H groups in total. The molecule has 3 rings (SSSR count). The number of fused-ring (bicyclic) bond motifs is 1. The van der Waals surface area contributed by atoms with Gasteiger partial charge >= 0.3 is 0 Å². The lowest BCUT2D eigenvalue weighted by Crippen LogP contribution is -2.14. The Morgan fingerprint density at radius 2 is 2.04 bits per heavy atom. The van der Waals surface area contributed by atoms with Gasteiger partial charge in [0.05, 0.1) is 11.3 Å². The lowest BCUT2D eigenvalue weighted by atomic mass is 10.2. The quantitative estimate of drug-likeness (QED) is 0.638. The zero-order valence-corrected chi connectivity index (χ0v) is 14.9. The second kappa shape index (κ2) is 7.15. The van der Waals surface area contributed by atoms with Crippen molar-refractivity contribution in [2.75, 3.05) is 11.1 Å². The van der Waals surface area contributed by atoms with Crippen LogP contribution in [0.4, 0.5) is 5.69 Å². The molecule has 3 nitrogen and oxygen atoms in total. The van der Waals surface area contributed by atoms with Crippen LogP contribution in [0.3, 0.4) is 0 Å². The molecular formula is C18H15BrN2OS. The molecule has 1 heterocycles. The fourth-order valence-electron chi connectivity index (χ4n) is 2.26. The summed E-state index contributed by atoms with van der Waals surface area (Å²) >= 11 is 4.98. The first-order valence-electron chi connectivity index (χ1n) is 7.16. The summed E-state index contributed by atoms with van der Waals surface area (Å²) in [6, 6.07) is 15.7. The van der Waals surface area contributed by atoms with Gasteiger partial charge in [-0.05, 0) is 42.8 Å². The summed E-state index contributed by atoms with van der Waals surface area (Å²) in [4.78, 5) is 17.6. The highest BCUT2D eigenvalue weighted by molar-refractivity contribution is 9.10. The van der Waals surface area contributed by atoms with Gasteiger partial charge < -0.3 is 5.32 Å². The van der Waals surface area contributed by atoms with Crippen molar-refractivity contribution in [3.8, 4) is 0 Å². The van der Waals surface area contributed by atoms with Gasteiger partial charge in [0.1, 0.15) is 0 Å². The van der Waals surface area contributed by atoms with E-state index in [4.69, 9.17) is 0 Å². The molecule has 0 saturated heterocycles. The van der Waals surface area contributed by atoms with E-state index in [1.54, 1.807) is 6.20 Å². The van der Waals surface area contributed by atoms with Crippen molar-refractivity contribution >= 4 is 50.2 Å². The maximum atomic E-state index is 12.2. The summed E-state index contributed by atoms with van der Waals surface area (Å²) in [7, 11) is 0. The normalized spacial score (nSPS) is 10.7. The average Bonchev–Trinajstić information content (AvgIpc) is 2.56. The number of aromatic nitrogens is 1. The van der Waals surface area contributed by atoms with Crippen molar-refractivity contribution in [2.24, 2.45) is 0 Å². The second-order valence-corrected chi connectivity index (χ2v) is 7.00. The number of para-hydroxylation sites is 1. The zero-order chi connectivity index (χ0) is 16.2. The van der Waals surface area contributed by atoms with Gasteiger partial charge in [-0.2, -0.15) is 0 Å². The minimum absolute atomic E-state index is 0.0161. The molecule has 0 aliphatic rings. The van der Waals surface area contributed by atoms with E-state index in [0.29, 0.717) is 5.75 Å². The number of carbonyl (C=O) groups excluding carboxylic acids is 1. The van der Waals surface area contributed by atoms with Crippen molar-refractivity contribution in [2.45, 2.75) is 11.8 Å². The topological polar surface area (TPSA) is 42.0 Å². The largest absolute Gasteiger partial charge is 0.325 e. The SMILES string of the molecule is Cc1cc(NC(=O)CSc2ccnc3ccccc23)ccc1Br. The third-order valence-corrected chi connectivity index (χ3v) is 5.37. The number of hydrogen-bond acceptors (Lipinski definition) is 3. The number of rotatable bonds is 4. The number of aryl methyl sites for hydroxylation is 1. The average molecular weight is 387 g/mol. The van der Waals surface area contributed by atoms with Crippen molar-refractivity contribution in [3.05, 3.63) is 64.8 Å². The Kier molecular flexibility index (Phi) is 4.98. The molecule has 0 radical (unpaired) electrons. The molecule has 5 heteroatoms.